The number of piperazine rings is 1. The number of hydrogen-bond donors (Lipinski definition) is 2. The van der Waals surface area contributed by atoms with E-state index < -0.39 is 12.2 Å². The van der Waals surface area contributed by atoms with Crippen LogP contribution in [0.1, 0.15) is 18.4 Å². The summed E-state index contributed by atoms with van der Waals surface area (Å²) in [6.07, 6.45) is 3.70. The molecule has 0 aliphatic carbocycles. The van der Waals surface area contributed by atoms with Crippen LogP contribution in [0.15, 0.2) is 42.7 Å². The molecule has 14 heteroatoms. The maximum atomic E-state index is 11.4. The topological polar surface area (TPSA) is 133 Å². The van der Waals surface area contributed by atoms with Crippen molar-refractivity contribution in [3.8, 4) is 22.9 Å². The molecule has 2 aliphatic rings. The number of likely N-dealkylation sites (tertiary alicyclic amines) is 1. The summed E-state index contributed by atoms with van der Waals surface area (Å²) in [4.78, 5) is 41.9. The Morgan fingerprint density at radius 2 is 1.65 bits per heavy atom. The molecule has 2 aromatic heterocycles. The maximum Gasteiger partial charge on any atom is 0.407 e. The van der Waals surface area contributed by atoms with Gasteiger partial charge in [0, 0.05) is 61.4 Å². The van der Waals surface area contributed by atoms with Crippen LogP contribution in [-0.4, -0.2) is 95.0 Å². The maximum absolute atomic E-state index is 11.4. The minimum absolute atomic E-state index is 0.332. The van der Waals surface area contributed by atoms with Gasteiger partial charge in [0.15, 0.2) is 5.75 Å². The Morgan fingerprint density at radius 3 is 2.28 bits per heavy atom. The van der Waals surface area contributed by atoms with E-state index in [1.165, 1.54) is 4.90 Å². The largest absolute Gasteiger partial charge is 0.465 e. The van der Waals surface area contributed by atoms with E-state index in [1.54, 1.807) is 25.5 Å². The summed E-state index contributed by atoms with van der Waals surface area (Å²) in [6, 6.07) is 9.19. The Morgan fingerprint density at radius 1 is 0.977 bits per heavy atom. The number of nitrogens with one attached hydrogen (secondary N) is 1. The number of alkyl carbamates (subject to hydrolysis) is 1. The van der Waals surface area contributed by atoms with Gasteiger partial charge in [0.2, 0.25) is 11.8 Å². The number of pyridine rings is 1. The van der Waals surface area contributed by atoms with Crippen molar-refractivity contribution in [1.82, 2.24) is 30.1 Å². The molecule has 2 N–H and O–H groups in total. The number of carbonyl (C=O) groups excluding carboxylic acids is 1. The van der Waals surface area contributed by atoms with Crippen molar-refractivity contribution >= 4 is 41.3 Å². The van der Waals surface area contributed by atoms with Crippen LogP contribution in [-0.2, 0) is 11.3 Å². The van der Waals surface area contributed by atoms with E-state index in [0.29, 0.717) is 78.6 Å². The first kappa shape index (κ1) is 30.6. The Hall–Kier alpha value is -3.87. The van der Waals surface area contributed by atoms with Crippen LogP contribution in [0.2, 0.25) is 10.0 Å². The van der Waals surface area contributed by atoms with Gasteiger partial charge in [0.1, 0.15) is 0 Å². The van der Waals surface area contributed by atoms with Gasteiger partial charge in [-0.1, -0.05) is 23.2 Å². The Labute approximate surface area is 259 Å². The van der Waals surface area contributed by atoms with Gasteiger partial charge in [-0.05, 0) is 61.7 Å². The van der Waals surface area contributed by atoms with Gasteiger partial charge in [-0.15, -0.1) is 0 Å². The van der Waals surface area contributed by atoms with Gasteiger partial charge in [-0.3, -0.25) is 4.90 Å². The van der Waals surface area contributed by atoms with Gasteiger partial charge in [-0.2, -0.15) is 0 Å². The highest BCUT2D eigenvalue weighted by atomic mass is 35.5. The molecule has 43 heavy (non-hydrogen) atoms. The number of amides is 2. The van der Waals surface area contributed by atoms with E-state index in [9.17, 15) is 14.7 Å². The predicted molar refractivity (Wildman–Crippen MR) is 162 cm³/mol. The van der Waals surface area contributed by atoms with Crippen molar-refractivity contribution < 1.29 is 24.2 Å². The third kappa shape index (κ3) is 8.37. The highest BCUT2D eigenvalue weighted by Crippen LogP contribution is 2.31. The zero-order valence-corrected chi connectivity index (χ0v) is 25.2. The zero-order valence-electron chi connectivity index (χ0n) is 23.7. The van der Waals surface area contributed by atoms with Crippen molar-refractivity contribution in [2.24, 2.45) is 5.92 Å². The number of halogens is 2. The second-order valence-electron chi connectivity index (χ2n) is 10.5. The molecule has 0 radical (unpaired) electrons. The van der Waals surface area contributed by atoms with Crippen LogP contribution >= 0.6 is 23.2 Å². The molecule has 0 bridgehead atoms. The minimum atomic E-state index is -0.921. The number of piperidine rings is 1. The highest BCUT2D eigenvalue weighted by Gasteiger charge is 2.23. The van der Waals surface area contributed by atoms with E-state index in [-0.39, 0.29) is 0 Å². The molecule has 5 rings (SSSR count). The molecule has 12 nitrogen and oxygen atoms in total. The first-order chi connectivity index (χ1) is 20.7. The monoisotopic (exact) mass is 629 g/mol. The van der Waals surface area contributed by atoms with Crippen LogP contribution in [0.3, 0.4) is 0 Å². The third-order valence-corrected chi connectivity index (χ3v) is 7.89. The number of nitrogens with zero attached hydrogens (tertiary/aromatic N) is 6. The standard InChI is InChI=1S/C29H33Cl2N7O5/c1-32-28(39)42-18-19-2-4-36(5-3-19)17-20-10-25(21-12-22(30)14-23(31)13-21)35-26(11-20)43-24-15-33-27(34-16-24)37-6-8-38(9-7-37)29(40)41/h10-16,19H,2-9,17-18H2,1H3,(H,32,39)(H,40,41). The van der Waals surface area contributed by atoms with Crippen molar-refractivity contribution in [1.29, 1.82) is 0 Å². The summed E-state index contributed by atoms with van der Waals surface area (Å²) in [7, 11) is 1.55. The molecule has 2 aliphatic heterocycles. The molecular weight excluding hydrogens is 597 g/mol. The lowest BCUT2D eigenvalue weighted by molar-refractivity contribution is 0.0955. The predicted octanol–water partition coefficient (Wildman–Crippen LogP) is 5.01. The van der Waals surface area contributed by atoms with E-state index in [2.05, 4.69) is 20.2 Å². The SMILES string of the molecule is CNC(=O)OCC1CCN(Cc2cc(Oc3cnc(N4CCN(C(=O)O)CC4)nc3)nc(-c3cc(Cl)cc(Cl)c3)c2)CC1. The molecule has 4 heterocycles. The lowest BCUT2D eigenvalue weighted by Gasteiger charge is -2.32. The summed E-state index contributed by atoms with van der Waals surface area (Å²) in [5.41, 5.74) is 2.44. The molecule has 3 aromatic rings. The number of benzene rings is 1. The quantitative estimate of drug-likeness (QED) is 0.350. The molecule has 0 saturated carbocycles. The molecule has 2 amide bonds. The minimum Gasteiger partial charge on any atom is -0.465 e. The summed E-state index contributed by atoms with van der Waals surface area (Å²) >= 11 is 12.6. The summed E-state index contributed by atoms with van der Waals surface area (Å²) in [5, 5.41) is 12.7. The van der Waals surface area contributed by atoms with Gasteiger partial charge >= 0.3 is 12.2 Å². The lowest BCUT2D eigenvalue weighted by atomic mass is 9.97. The average Bonchev–Trinajstić information content (AvgIpc) is 3.00. The van der Waals surface area contributed by atoms with Gasteiger partial charge < -0.3 is 29.7 Å². The van der Waals surface area contributed by atoms with Crippen LogP contribution < -0.4 is 15.0 Å². The fraction of sp³-hybridized carbons (Fsp3) is 0.414. The third-order valence-electron chi connectivity index (χ3n) is 7.46. The number of carboxylic acid groups (broad SMARTS) is 1. The van der Waals surface area contributed by atoms with Gasteiger partial charge in [0.25, 0.3) is 0 Å². The van der Waals surface area contributed by atoms with Crippen LogP contribution in [0.4, 0.5) is 15.5 Å². The summed E-state index contributed by atoms with van der Waals surface area (Å²) < 4.78 is 11.4. The molecule has 228 valence electrons. The average molecular weight is 631 g/mol. The normalized spacial score (nSPS) is 16.2. The van der Waals surface area contributed by atoms with E-state index in [0.717, 1.165) is 37.1 Å². The van der Waals surface area contributed by atoms with Crippen molar-refractivity contribution in [3.63, 3.8) is 0 Å². The van der Waals surface area contributed by atoms with Crippen LogP contribution in [0, 0.1) is 5.92 Å². The smallest absolute Gasteiger partial charge is 0.407 e. The van der Waals surface area contributed by atoms with Gasteiger partial charge in [0.05, 0.1) is 24.7 Å². The zero-order chi connectivity index (χ0) is 30.3. The number of rotatable bonds is 8. The lowest BCUT2D eigenvalue weighted by Crippen LogP contribution is -2.48. The fourth-order valence-electron chi connectivity index (χ4n) is 5.13. The molecule has 0 spiro atoms. The molecule has 1 aromatic carbocycles. The Balaban J connectivity index is 1.29. The Bertz CT molecular complexity index is 1410. The molecule has 2 saturated heterocycles. The highest BCUT2D eigenvalue weighted by molar-refractivity contribution is 6.35. The number of hydrogen-bond acceptors (Lipinski definition) is 9. The summed E-state index contributed by atoms with van der Waals surface area (Å²) in [5.74, 6) is 1.64. The number of aromatic nitrogens is 3. The molecule has 0 unspecified atom stereocenters. The van der Waals surface area contributed by atoms with E-state index >= 15 is 0 Å². The summed E-state index contributed by atoms with van der Waals surface area (Å²) in [6.45, 7) is 4.65. The van der Waals surface area contributed by atoms with Crippen LogP contribution in [0.25, 0.3) is 11.3 Å². The van der Waals surface area contributed by atoms with E-state index in [4.69, 9.17) is 37.7 Å². The first-order valence-electron chi connectivity index (χ1n) is 14.0. The second-order valence-corrected chi connectivity index (χ2v) is 11.4. The van der Waals surface area contributed by atoms with Crippen molar-refractivity contribution in [2.75, 3.05) is 57.8 Å². The number of carbonyl (C=O) groups is 2. The van der Waals surface area contributed by atoms with Crippen molar-refractivity contribution in [3.05, 3.63) is 58.3 Å². The van der Waals surface area contributed by atoms with E-state index in [1.807, 2.05) is 29.2 Å². The number of anilines is 1. The van der Waals surface area contributed by atoms with Crippen molar-refractivity contribution in [2.45, 2.75) is 19.4 Å². The van der Waals surface area contributed by atoms with Crippen LogP contribution in [0.5, 0.6) is 11.6 Å². The molecule has 2 fully saturated rings. The molecular formula is C29H33Cl2N7O5. The Kier molecular flexibility index (Phi) is 10.0. The second kappa shape index (κ2) is 14.1. The number of ether oxygens (including phenoxy) is 2. The molecule has 0 atom stereocenters. The van der Waals surface area contributed by atoms with Gasteiger partial charge in [-0.25, -0.2) is 24.5 Å². The first-order valence-corrected chi connectivity index (χ1v) is 14.8. The fourth-order valence-corrected chi connectivity index (χ4v) is 5.66.